The molecule has 0 radical (unpaired) electrons. The van der Waals surface area contributed by atoms with Gasteiger partial charge < -0.3 is 5.32 Å². The Morgan fingerprint density at radius 3 is 2.19 bits per heavy atom. The van der Waals surface area contributed by atoms with Gasteiger partial charge in [0.15, 0.2) is 0 Å². The smallest absolute Gasteiger partial charge is 0.229 e. The predicted octanol–water partition coefficient (Wildman–Crippen LogP) is 3.51. The number of alkyl halides is 2. The van der Waals surface area contributed by atoms with Crippen LogP contribution >= 0.6 is 23.2 Å². The summed E-state index contributed by atoms with van der Waals surface area (Å²) in [6.45, 7) is 8.20. The molecule has 1 amide bonds. The van der Waals surface area contributed by atoms with Crippen LogP contribution in [0.2, 0.25) is 0 Å². The molecule has 0 saturated heterocycles. The number of carbonyl (C=O) groups is 1. The van der Waals surface area contributed by atoms with Crippen molar-refractivity contribution in [1.29, 1.82) is 0 Å². The van der Waals surface area contributed by atoms with Crippen molar-refractivity contribution < 1.29 is 4.79 Å². The van der Waals surface area contributed by atoms with E-state index in [1.54, 1.807) is 0 Å². The number of hydrogen-bond acceptors (Lipinski definition) is 1. The average Bonchev–Trinajstić information content (AvgIpc) is 2.64. The topological polar surface area (TPSA) is 29.1 Å². The van der Waals surface area contributed by atoms with Crippen LogP contribution in [0.15, 0.2) is 0 Å². The first kappa shape index (κ1) is 14.1. The van der Waals surface area contributed by atoms with Crippen molar-refractivity contribution >= 4 is 29.1 Å². The lowest BCUT2D eigenvalue weighted by Gasteiger charge is -2.18. The molecule has 0 aliphatic heterocycles. The summed E-state index contributed by atoms with van der Waals surface area (Å²) in [5.74, 6) is 0.643. The lowest BCUT2D eigenvalue weighted by Crippen LogP contribution is -2.39. The Kier molecular flexibility index (Phi) is 4.18. The Hall–Kier alpha value is 0.0500. The van der Waals surface area contributed by atoms with Gasteiger partial charge in [0.05, 0.1) is 5.41 Å². The van der Waals surface area contributed by atoms with Crippen LogP contribution in [0.1, 0.15) is 47.0 Å². The Morgan fingerprint density at radius 2 is 1.81 bits per heavy atom. The Morgan fingerprint density at radius 1 is 1.31 bits per heavy atom. The molecule has 0 heterocycles. The van der Waals surface area contributed by atoms with Crippen LogP contribution in [0, 0.1) is 11.3 Å². The molecule has 1 rings (SSSR count). The fourth-order valence-electron chi connectivity index (χ4n) is 1.68. The Balaban J connectivity index is 2.36. The van der Waals surface area contributed by atoms with Crippen LogP contribution in [-0.4, -0.2) is 16.3 Å². The van der Waals surface area contributed by atoms with E-state index in [1.165, 1.54) is 0 Å². The van der Waals surface area contributed by atoms with Crippen LogP contribution in [0.4, 0.5) is 0 Å². The summed E-state index contributed by atoms with van der Waals surface area (Å²) < 4.78 is -0.866. The standard InChI is InChI=1S/C12H21Cl2NO/c1-8(2)5-6-9(3)15-10(16)11(4)7-12(11,13)14/h8-9H,5-7H2,1-4H3,(H,15,16). The monoisotopic (exact) mass is 265 g/mol. The first-order valence-electron chi connectivity index (χ1n) is 5.88. The summed E-state index contributed by atoms with van der Waals surface area (Å²) in [6.07, 6.45) is 2.66. The SMILES string of the molecule is CC(C)CCC(C)NC(=O)C1(C)CC1(Cl)Cl. The Bertz CT molecular complexity index is 278. The molecule has 0 aromatic rings. The lowest BCUT2D eigenvalue weighted by molar-refractivity contribution is -0.126. The summed E-state index contributed by atoms with van der Waals surface area (Å²) in [4.78, 5) is 11.9. The van der Waals surface area contributed by atoms with Gasteiger partial charge in [0, 0.05) is 6.04 Å². The van der Waals surface area contributed by atoms with Crippen molar-refractivity contribution in [2.45, 2.75) is 57.3 Å². The number of carbonyl (C=O) groups excluding carboxylic acids is 1. The van der Waals surface area contributed by atoms with Crippen molar-refractivity contribution in [3.8, 4) is 0 Å². The molecular formula is C12H21Cl2NO. The minimum absolute atomic E-state index is 0.0197. The quantitative estimate of drug-likeness (QED) is 0.758. The van der Waals surface area contributed by atoms with Gasteiger partial charge >= 0.3 is 0 Å². The molecule has 1 N–H and O–H groups in total. The molecule has 0 aromatic carbocycles. The maximum atomic E-state index is 11.9. The highest BCUT2D eigenvalue weighted by molar-refractivity contribution is 6.53. The van der Waals surface area contributed by atoms with Crippen LogP contribution in [0.25, 0.3) is 0 Å². The van der Waals surface area contributed by atoms with E-state index in [0.717, 1.165) is 12.8 Å². The molecular weight excluding hydrogens is 245 g/mol. The van der Waals surface area contributed by atoms with E-state index < -0.39 is 9.75 Å². The van der Waals surface area contributed by atoms with Gasteiger partial charge in [-0.3, -0.25) is 4.79 Å². The summed E-state index contributed by atoms with van der Waals surface area (Å²) in [5.41, 5.74) is -0.595. The molecule has 2 nitrogen and oxygen atoms in total. The van der Waals surface area contributed by atoms with Gasteiger partial charge in [0.25, 0.3) is 0 Å². The first-order valence-corrected chi connectivity index (χ1v) is 6.63. The predicted molar refractivity (Wildman–Crippen MR) is 68.8 cm³/mol. The van der Waals surface area contributed by atoms with Gasteiger partial charge in [0.1, 0.15) is 4.33 Å². The molecule has 0 bridgehead atoms. The largest absolute Gasteiger partial charge is 0.353 e. The maximum Gasteiger partial charge on any atom is 0.229 e. The fourth-order valence-corrected chi connectivity index (χ4v) is 2.39. The second kappa shape index (κ2) is 4.73. The van der Waals surface area contributed by atoms with Gasteiger partial charge in [-0.15, -0.1) is 23.2 Å². The third-order valence-electron chi connectivity index (χ3n) is 3.31. The first-order chi connectivity index (χ1) is 7.19. The van der Waals surface area contributed by atoms with Gasteiger partial charge in [0.2, 0.25) is 5.91 Å². The van der Waals surface area contributed by atoms with Gasteiger partial charge in [-0.2, -0.15) is 0 Å². The molecule has 2 unspecified atom stereocenters. The second-order valence-corrected chi connectivity index (χ2v) is 7.04. The lowest BCUT2D eigenvalue weighted by atomic mass is 10.0. The van der Waals surface area contributed by atoms with E-state index in [9.17, 15) is 4.79 Å². The van der Waals surface area contributed by atoms with E-state index >= 15 is 0 Å². The highest BCUT2D eigenvalue weighted by Gasteiger charge is 2.67. The maximum absolute atomic E-state index is 11.9. The third-order valence-corrected chi connectivity index (χ3v) is 4.41. The minimum atomic E-state index is -0.866. The van der Waals surface area contributed by atoms with E-state index in [1.807, 2.05) is 13.8 Å². The molecule has 0 spiro atoms. The number of amides is 1. The zero-order valence-electron chi connectivity index (χ0n) is 10.4. The van der Waals surface area contributed by atoms with Crippen molar-refractivity contribution in [3.05, 3.63) is 0 Å². The Labute approximate surface area is 108 Å². The molecule has 0 aromatic heterocycles. The summed E-state index contributed by atoms with van der Waals surface area (Å²) in [5, 5.41) is 2.99. The third kappa shape index (κ3) is 3.04. The second-order valence-electron chi connectivity index (χ2n) is 5.56. The molecule has 16 heavy (non-hydrogen) atoms. The van der Waals surface area contributed by atoms with E-state index in [0.29, 0.717) is 12.3 Å². The molecule has 94 valence electrons. The van der Waals surface area contributed by atoms with E-state index in [4.69, 9.17) is 23.2 Å². The highest BCUT2D eigenvalue weighted by atomic mass is 35.5. The molecule has 1 saturated carbocycles. The van der Waals surface area contributed by atoms with Gasteiger partial charge in [-0.05, 0) is 39.0 Å². The zero-order chi connectivity index (χ0) is 12.6. The van der Waals surface area contributed by atoms with Gasteiger partial charge in [-0.1, -0.05) is 13.8 Å². The van der Waals surface area contributed by atoms with Crippen LogP contribution in [-0.2, 0) is 4.79 Å². The molecule has 2 atom stereocenters. The fraction of sp³-hybridized carbons (Fsp3) is 0.917. The number of hydrogen-bond donors (Lipinski definition) is 1. The molecule has 1 fully saturated rings. The van der Waals surface area contributed by atoms with Crippen LogP contribution in [0.5, 0.6) is 0 Å². The summed E-state index contributed by atoms with van der Waals surface area (Å²) in [6, 6.07) is 0.191. The van der Waals surface area contributed by atoms with Crippen molar-refractivity contribution in [2.75, 3.05) is 0 Å². The van der Waals surface area contributed by atoms with Crippen LogP contribution < -0.4 is 5.32 Å². The number of rotatable bonds is 5. The molecule has 4 heteroatoms. The van der Waals surface area contributed by atoms with Crippen molar-refractivity contribution in [1.82, 2.24) is 5.32 Å². The summed E-state index contributed by atoms with van der Waals surface area (Å²) >= 11 is 11.9. The van der Waals surface area contributed by atoms with Crippen molar-refractivity contribution in [2.24, 2.45) is 11.3 Å². The average molecular weight is 266 g/mol. The highest BCUT2D eigenvalue weighted by Crippen LogP contribution is 2.63. The van der Waals surface area contributed by atoms with Crippen LogP contribution in [0.3, 0.4) is 0 Å². The van der Waals surface area contributed by atoms with Gasteiger partial charge in [-0.25, -0.2) is 0 Å². The number of nitrogens with one attached hydrogen (secondary N) is 1. The summed E-state index contributed by atoms with van der Waals surface area (Å²) in [7, 11) is 0. The number of halogens is 2. The normalized spacial score (nSPS) is 28.9. The molecule has 1 aliphatic rings. The van der Waals surface area contributed by atoms with E-state index in [2.05, 4.69) is 19.2 Å². The zero-order valence-corrected chi connectivity index (χ0v) is 12.0. The minimum Gasteiger partial charge on any atom is -0.353 e. The molecule has 1 aliphatic carbocycles. The van der Waals surface area contributed by atoms with E-state index in [-0.39, 0.29) is 11.9 Å². The van der Waals surface area contributed by atoms with Crippen molar-refractivity contribution in [3.63, 3.8) is 0 Å².